The highest BCUT2D eigenvalue weighted by molar-refractivity contribution is 7.10. The Kier molecular flexibility index (Phi) is 3.19. The highest BCUT2D eigenvalue weighted by atomic mass is 32.1. The molecule has 1 unspecified atom stereocenters. The van der Waals surface area contributed by atoms with Crippen molar-refractivity contribution in [3.63, 3.8) is 0 Å². The standard InChI is InChI=1S/C15H11N3S/c16-18-17-15(14-6-3-9-19-14)13-8-7-11-4-1-2-5-12(11)10-13/h1-10,15H. The van der Waals surface area contributed by atoms with Crippen LogP contribution in [-0.4, -0.2) is 0 Å². The van der Waals surface area contributed by atoms with E-state index in [9.17, 15) is 0 Å². The van der Waals surface area contributed by atoms with Gasteiger partial charge in [-0.15, -0.1) is 11.3 Å². The van der Waals surface area contributed by atoms with Crippen LogP contribution in [0.15, 0.2) is 65.1 Å². The molecule has 1 heterocycles. The van der Waals surface area contributed by atoms with Crippen LogP contribution in [0.3, 0.4) is 0 Å². The van der Waals surface area contributed by atoms with Gasteiger partial charge in [0.25, 0.3) is 0 Å². The van der Waals surface area contributed by atoms with E-state index in [1.54, 1.807) is 11.3 Å². The lowest BCUT2D eigenvalue weighted by Gasteiger charge is -2.10. The summed E-state index contributed by atoms with van der Waals surface area (Å²) in [5.74, 6) is 0. The molecule has 1 atom stereocenters. The zero-order valence-corrected chi connectivity index (χ0v) is 10.9. The van der Waals surface area contributed by atoms with Crippen molar-refractivity contribution in [2.75, 3.05) is 0 Å². The van der Waals surface area contributed by atoms with Crippen LogP contribution in [0.1, 0.15) is 16.5 Å². The van der Waals surface area contributed by atoms with Crippen molar-refractivity contribution in [1.82, 2.24) is 0 Å². The zero-order chi connectivity index (χ0) is 13.1. The predicted molar refractivity (Wildman–Crippen MR) is 79.3 cm³/mol. The van der Waals surface area contributed by atoms with E-state index in [0.29, 0.717) is 0 Å². The summed E-state index contributed by atoms with van der Waals surface area (Å²) in [6.45, 7) is 0. The summed E-state index contributed by atoms with van der Waals surface area (Å²) in [4.78, 5) is 4.04. The molecular formula is C15H11N3S. The number of rotatable bonds is 3. The minimum Gasteiger partial charge on any atom is -0.148 e. The Morgan fingerprint density at radius 2 is 1.84 bits per heavy atom. The molecule has 0 radical (unpaired) electrons. The van der Waals surface area contributed by atoms with Gasteiger partial charge in [0.05, 0.1) is 6.04 Å². The summed E-state index contributed by atoms with van der Waals surface area (Å²) in [7, 11) is 0. The molecule has 3 rings (SSSR count). The van der Waals surface area contributed by atoms with Crippen LogP contribution in [0.2, 0.25) is 0 Å². The lowest BCUT2D eigenvalue weighted by Crippen LogP contribution is -1.94. The smallest absolute Gasteiger partial charge is 0.0969 e. The van der Waals surface area contributed by atoms with E-state index >= 15 is 0 Å². The van der Waals surface area contributed by atoms with Crippen molar-refractivity contribution < 1.29 is 0 Å². The van der Waals surface area contributed by atoms with Crippen LogP contribution in [0.4, 0.5) is 0 Å². The van der Waals surface area contributed by atoms with Crippen LogP contribution in [0, 0.1) is 0 Å². The molecule has 0 aliphatic carbocycles. The van der Waals surface area contributed by atoms with Gasteiger partial charge in [-0.25, -0.2) is 0 Å². The summed E-state index contributed by atoms with van der Waals surface area (Å²) >= 11 is 1.61. The molecule has 19 heavy (non-hydrogen) atoms. The number of hydrogen-bond donors (Lipinski definition) is 0. The van der Waals surface area contributed by atoms with Gasteiger partial charge < -0.3 is 0 Å². The molecule has 0 aliphatic heterocycles. The van der Waals surface area contributed by atoms with E-state index < -0.39 is 0 Å². The number of thiophene rings is 1. The van der Waals surface area contributed by atoms with Gasteiger partial charge in [-0.3, -0.25) is 0 Å². The van der Waals surface area contributed by atoms with Gasteiger partial charge in [0.2, 0.25) is 0 Å². The van der Waals surface area contributed by atoms with Crippen LogP contribution >= 0.6 is 11.3 Å². The number of fused-ring (bicyclic) bond motifs is 1. The molecular weight excluding hydrogens is 254 g/mol. The molecule has 3 nitrogen and oxygen atoms in total. The van der Waals surface area contributed by atoms with E-state index in [0.717, 1.165) is 15.8 Å². The van der Waals surface area contributed by atoms with Crippen molar-refractivity contribution in [2.24, 2.45) is 5.11 Å². The first kappa shape index (κ1) is 11.8. The molecule has 1 aromatic heterocycles. The molecule has 0 bridgehead atoms. The Morgan fingerprint density at radius 1 is 1.00 bits per heavy atom. The van der Waals surface area contributed by atoms with Gasteiger partial charge in [-0.1, -0.05) is 53.6 Å². The number of azide groups is 1. The zero-order valence-electron chi connectivity index (χ0n) is 10.1. The number of nitrogens with zero attached hydrogens (tertiary/aromatic N) is 3. The minimum absolute atomic E-state index is 0.241. The normalized spacial score (nSPS) is 12.0. The van der Waals surface area contributed by atoms with Crippen molar-refractivity contribution >= 4 is 22.1 Å². The average Bonchev–Trinajstić information content (AvgIpc) is 2.98. The number of benzene rings is 2. The van der Waals surface area contributed by atoms with E-state index in [1.165, 1.54) is 5.39 Å². The fourth-order valence-electron chi connectivity index (χ4n) is 2.16. The molecule has 4 heteroatoms. The summed E-state index contributed by atoms with van der Waals surface area (Å²) in [5, 5.41) is 8.28. The van der Waals surface area contributed by atoms with Crippen molar-refractivity contribution in [3.05, 3.63) is 80.9 Å². The third-order valence-corrected chi connectivity index (χ3v) is 3.99. The molecule has 0 saturated heterocycles. The molecule has 0 aliphatic rings. The Labute approximate surface area is 114 Å². The second-order valence-corrected chi connectivity index (χ2v) is 5.21. The van der Waals surface area contributed by atoms with E-state index in [2.05, 4.69) is 34.3 Å². The summed E-state index contributed by atoms with van der Waals surface area (Å²) in [6.07, 6.45) is 0. The SMILES string of the molecule is [N-]=[N+]=NC(c1ccc2ccccc2c1)c1cccs1. The van der Waals surface area contributed by atoms with E-state index in [4.69, 9.17) is 5.53 Å². The lowest BCUT2D eigenvalue weighted by molar-refractivity contribution is 0.882. The topological polar surface area (TPSA) is 48.8 Å². The first-order valence-corrected chi connectivity index (χ1v) is 6.83. The predicted octanol–water partition coefficient (Wildman–Crippen LogP) is 5.30. The molecule has 2 aromatic carbocycles. The van der Waals surface area contributed by atoms with Gasteiger partial charge in [0.1, 0.15) is 0 Å². The van der Waals surface area contributed by atoms with Crippen LogP contribution in [0.5, 0.6) is 0 Å². The van der Waals surface area contributed by atoms with Crippen LogP contribution in [-0.2, 0) is 0 Å². The first-order chi connectivity index (χ1) is 9.38. The fraction of sp³-hybridized carbons (Fsp3) is 0.0667. The monoisotopic (exact) mass is 265 g/mol. The van der Waals surface area contributed by atoms with E-state index in [1.807, 2.05) is 35.7 Å². The third kappa shape index (κ3) is 2.32. The average molecular weight is 265 g/mol. The number of hydrogen-bond acceptors (Lipinski definition) is 2. The van der Waals surface area contributed by atoms with Crippen molar-refractivity contribution in [2.45, 2.75) is 6.04 Å². The third-order valence-electron chi connectivity index (χ3n) is 3.07. The Bertz CT molecular complexity index is 743. The second-order valence-electron chi connectivity index (χ2n) is 4.23. The Hall–Kier alpha value is -2.29. The Balaban J connectivity index is 2.12. The quantitative estimate of drug-likeness (QED) is 0.350. The highest BCUT2D eigenvalue weighted by Crippen LogP contribution is 2.31. The first-order valence-electron chi connectivity index (χ1n) is 5.95. The van der Waals surface area contributed by atoms with Gasteiger partial charge in [0.15, 0.2) is 0 Å². The molecule has 0 fully saturated rings. The van der Waals surface area contributed by atoms with Gasteiger partial charge in [-0.2, -0.15) is 0 Å². The maximum absolute atomic E-state index is 8.77. The maximum atomic E-state index is 8.77. The molecule has 3 aromatic rings. The van der Waals surface area contributed by atoms with E-state index in [-0.39, 0.29) is 6.04 Å². The fourth-order valence-corrected chi connectivity index (χ4v) is 2.95. The van der Waals surface area contributed by atoms with Crippen molar-refractivity contribution in [1.29, 1.82) is 0 Å². The van der Waals surface area contributed by atoms with Crippen molar-refractivity contribution in [3.8, 4) is 0 Å². The molecule has 0 N–H and O–H groups in total. The highest BCUT2D eigenvalue weighted by Gasteiger charge is 2.13. The minimum atomic E-state index is -0.241. The van der Waals surface area contributed by atoms with Gasteiger partial charge >= 0.3 is 0 Å². The molecule has 92 valence electrons. The molecule has 0 amide bonds. The van der Waals surface area contributed by atoms with Gasteiger partial charge in [0, 0.05) is 9.79 Å². The summed E-state index contributed by atoms with van der Waals surface area (Å²) in [6, 6.07) is 18.1. The maximum Gasteiger partial charge on any atom is 0.0969 e. The van der Waals surface area contributed by atoms with Crippen LogP contribution in [0.25, 0.3) is 21.2 Å². The molecule has 0 spiro atoms. The second kappa shape index (κ2) is 5.14. The van der Waals surface area contributed by atoms with Crippen LogP contribution < -0.4 is 0 Å². The van der Waals surface area contributed by atoms with Gasteiger partial charge in [-0.05, 0) is 33.3 Å². The largest absolute Gasteiger partial charge is 0.148 e. The summed E-state index contributed by atoms with van der Waals surface area (Å²) < 4.78 is 0. The molecule has 0 saturated carbocycles. The lowest BCUT2D eigenvalue weighted by atomic mass is 10.0. The summed E-state index contributed by atoms with van der Waals surface area (Å²) in [5.41, 5.74) is 9.80. The Morgan fingerprint density at radius 3 is 2.58 bits per heavy atom.